The minimum atomic E-state index is -2.32. The molecule has 0 atom stereocenters. The van der Waals surface area contributed by atoms with E-state index in [-0.39, 0.29) is 43.1 Å². The molecule has 0 bridgehead atoms. The molecular weight excluding hydrogens is 593 g/mol. The van der Waals surface area contributed by atoms with Crippen LogP contribution in [0, 0.1) is 18.3 Å². The maximum Gasteiger partial charge on any atom is 0.216 e. The molecule has 1 aromatic carbocycles. The molecule has 0 aliphatic heterocycles. The number of allylic oxidation sites excluding steroid dienone is 2. The number of carbonyl (C=O) groups is 1. The number of furan rings is 1. The molecule has 0 spiro atoms. The van der Waals surface area contributed by atoms with Crippen molar-refractivity contribution >= 4 is 27.9 Å². The number of carbonyl (C=O) groups excluding carboxylic acids is 1. The van der Waals surface area contributed by atoms with Gasteiger partial charge in [-0.15, -0.1) is 18.2 Å². The first-order chi connectivity index (χ1) is 17.0. The van der Waals surface area contributed by atoms with Gasteiger partial charge in [0.25, 0.3) is 0 Å². The maximum absolute atomic E-state index is 10.0. The number of hydrogen-bond acceptors (Lipinski definition) is 5. The van der Waals surface area contributed by atoms with Gasteiger partial charge in [-0.1, -0.05) is 43.4 Å². The summed E-state index contributed by atoms with van der Waals surface area (Å²) in [7, 11) is 0. The molecule has 6 heteroatoms. The van der Waals surface area contributed by atoms with Crippen LogP contribution >= 0.6 is 0 Å². The smallest absolute Gasteiger partial charge is 0.216 e. The van der Waals surface area contributed by atoms with Crippen molar-refractivity contribution in [2.24, 2.45) is 5.41 Å². The summed E-state index contributed by atoms with van der Waals surface area (Å²) in [5.74, 6) is -0.0625. The number of aromatic nitrogens is 2. The second-order valence-corrected chi connectivity index (χ2v) is 8.45. The van der Waals surface area contributed by atoms with E-state index in [0.717, 1.165) is 5.39 Å². The van der Waals surface area contributed by atoms with Crippen LogP contribution < -0.4 is 0 Å². The molecule has 0 aliphatic rings. The molecule has 33 heavy (non-hydrogen) atoms. The molecule has 4 aromatic rings. The van der Waals surface area contributed by atoms with Gasteiger partial charge >= 0.3 is 0 Å². The number of aliphatic hydroxyl groups excluding tert-OH is 1. The summed E-state index contributed by atoms with van der Waals surface area (Å²) in [5, 5.41) is 9.84. The van der Waals surface area contributed by atoms with Crippen LogP contribution in [0.3, 0.4) is 0 Å². The van der Waals surface area contributed by atoms with Crippen molar-refractivity contribution in [1.82, 2.24) is 9.97 Å². The molecule has 0 saturated carbocycles. The second kappa shape index (κ2) is 10.9. The van der Waals surface area contributed by atoms with Gasteiger partial charge in [0.1, 0.15) is 0 Å². The van der Waals surface area contributed by atoms with E-state index in [4.69, 9.17) is 16.4 Å². The van der Waals surface area contributed by atoms with E-state index >= 15 is 0 Å². The van der Waals surface area contributed by atoms with Crippen LogP contribution in [0.15, 0.2) is 58.8 Å². The summed E-state index contributed by atoms with van der Waals surface area (Å²) in [6, 6.07) is 13.3. The number of fused-ring (bicyclic) bond motifs is 3. The third-order valence-electron chi connectivity index (χ3n) is 4.25. The number of pyridine rings is 2. The van der Waals surface area contributed by atoms with Gasteiger partial charge < -0.3 is 14.5 Å². The summed E-state index contributed by atoms with van der Waals surface area (Å²) in [5.41, 5.74) is 1.72. The second-order valence-electron chi connectivity index (χ2n) is 8.45. The minimum Gasteiger partial charge on any atom is -0.512 e. The van der Waals surface area contributed by atoms with E-state index in [1.165, 1.54) is 26.0 Å². The molecular formula is C27H29IrN2O3-. The average Bonchev–Trinajstić information content (AvgIpc) is 3.15. The fraction of sp³-hybridized carbons (Fsp3) is 0.296. The number of aryl methyl sites for hydroxylation is 1. The van der Waals surface area contributed by atoms with Crippen LogP contribution in [-0.4, -0.2) is 20.9 Å². The van der Waals surface area contributed by atoms with E-state index in [0.29, 0.717) is 27.8 Å². The van der Waals surface area contributed by atoms with Crippen LogP contribution in [0.2, 0.25) is 0 Å². The number of hydrogen-bond donors (Lipinski definition) is 1. The molecule has 175 valence electrons. The Morgan fingerprint density at radius 3 is 2.61 bits per heavy atom. The molecule has 5 nitrogen and oxygen atoms in total. The third kappa shape index (κ3) is 7.08. The Bertz CT molecular complexity index is 1480. The van der Waals surface area contributed by atoms with Gasteiger partial charge in [0.15, 0.2) is 5.78 Å². The zero-order chi connectivity index (χ0) is 27.8. The number of benzene rings is 1. The SMILES string of the molecule is CC(=O)/C=C(/C)O.[2H]C([2H])([2H])c1ccc2c(n1)oc1c(-c3cc(C([2H])([2H])C(C)(C)C)ccn3)[c-]ccc12.[Ir]. The van der Waals surface area contributed by atoms with E-state index in [1.54, 1.807) is 30.5 Å². The Morgan fingerprint density at radius 2 is 2.00 bits per heavy atom. The number of ketones is 1. The first-order valence-corrected chi connectivity index (χ1v) is 10.1. The quantitative estimate of drug-likeness (QED) is 0.154. The molecule has 1 N–H and O–H groups in total. The van der Waals surface area contributed by atoms with Crippen LogP contribution in [0.1, 0.15) is 52.7 Å². The molecule has 3 heterocycles. The van der Waals surface area contributed by atoms with Crippen molar-refractivity contribution < 1.29 is 41.3 Å². The van der Waals surface area contributed by atoms with E-state index in [1.807, 2.05) is 26.8 Å². The van der Waals surface area contributed by atoms with Crippen molar-refractivity contribution in [3.8, 4) is 11.3 Å². The third-order valence-corrected chi connectivity index (χ3v) is 4.25. The molecule has 1 radical (unpaired) electrons. The van der Waals surface area contributed by atoms with Crippen molar-refractivity contribution in [2.45, 2.75) is 47.8 Å². The van der Waals surface area contributed by atoms with Gasteiger partial charge in [0, 0.05) is 50.3 Å². The summed E-state index contributed by atoms with van der Waals surface area (Å²) in [4.78, 5) is 18.6. The van der Waals surface area contributed by atoms with Crippen molar-refractivity contribution in [3.05, 3.63) is 71.8 Å². The fourth-order valence-electron chi connectivity index (χ4n) is 3.18. The number of nitrogens with zero attached hydrogens (tertiary/aromatic N) is 2. The molecule has 3 aromatic heterocycles. The molecule has 0 saturated heterocycles. The number of rotatable bonds is 3. The topological polar surface area (TPSA) is 76.2 Å². The fourth-order valence-corrected chi connectivity index (χ4v) is 3.18. The Morgan fingerprint density at radius 1 is 1.24 bits per heavy atom. The summed E-state index contributed by atoms with van der Waals surface area (Å²) in [6.07, 6.45) is 1.18. The van der Waals surface area contributed by atoms with Crippen molar-refractivity contribution in [2.75, 3.05) is 0 Å². The minimum absolute atomic E-state index is 0. The van der Waals surface area contributed by atoms with Crippen molar-refractivity contribution in [1.29, 1.82) is 0 Å². The average molecular weight is 627 g/mol. The molecule has 0 unspecified atom stereocenters. The van der Waals surface area contributed by atoms with Crippen LogP contribution in [-0.2, 0) is 31.3 Å². The van der Waals surface area contributed by atoms with Gasteiger partial charge in [-0.2, -0.15) is 0 Å². The Balaban J connectivity index is 0.000000561. The molecule has 4 rings (SSSR count). The van der Waals surface area contributed by atoms with Gasteiger partial charge in [0.2, 0.25) is 5.71 Å². The van der Waals surface area contributed by atoms with Gasteiger partial charge in [-0.25, -0.2) is 4.98 Å². The van der Waals surface area contributed by atoms with E-state index in [2.05, 4.69) is 16.0 Å². The monoisotopic (exact) mass is 627 g/mol. The van der Waals surface area contributed by atoms with Crippen molar-refractivity contribution in [3.63, 3.8) is 0 Å². The molecule has 0 aliphatic carbocycles. The zero-order valence-electron chi connectivity index (χ0n) is 24.1. The van der Waals surface area contributed by atoms with Crippen LogP contribution in [0.5, 0.6) is 0 Å². The summed E-state index contributed by atoms with van der Waals surface area (Å²) in [6.45, 7) is 6.09. The maximum atomic E-state index is 10.0. The van der Waals surface area contributed by atoms with E-state index < -0.39 is 18.6 Å². The zero-order valence-corrected chi connectivity index (χ0v) is 21.5. The van der Waals surface area contributed by atoms with Gasteiger partial charge in [0.05, 0.1) is 11.3 Å². The molecule has 0 fully saturated rings. The number of aliphatic hydroxyl groups is 1. The Kier molecular flexibility index (Phi) is 6.46. The first-order valence-electron chi connectivity index (χ1n) is 12.6. The first kappa shape index (κ1) is 19.6. The predicted octanol–water partition coefficient (Wildman–Crippen LogP) is 6.77. The molecule has 0 amide bonds. The standard InChI is InChI=1S/C22H21N2O.C5H8O2.Ir/c1-14-8-9-17-16-6-5-7-18(20(16)25-21(17)24-14)19-12-15(10-11-23-19)13-22(2,3)4;1-4(6)3-5(2)7;/h5-6,8-12H,13H2,1-4H3;3,6H,1-2H3;/q-1;;/b;4-3-;/i1D3,13D2;;. The van der Waals surface area contributed by atoms with E-state index in [9.17, 15) is 4.79 Å². The Labute approximate surface area is 215 Å². The summed E-state index contributed by atoms with van der Waals surface area (Å²) >= 11 is 0. The van der Waals surface area contributed by atoms with Crippen LogP contribution in [0.4, 0.5) is 0 Å². The van der Waals surface area contributed by atoms with Crippen LogP contribution in [0.25, 0.3) is 33.3 Å². The Hall–Kier alpha value is -2.82. The normalized spacial score (nSPS) is 14.7. The summed E-state index contributed by atoms with van der Waals surface area (Å²) < 4.78 is 45.8. The predicted molar refractivity (Wildman–Crippen MR) is 129 cm³/mol. The largest absolute Gasteiger partial charge is 0.512 e. The van der Waals surface area contributed by atoms with Gasteiger partial charge in [-0.05, 0) is 56.4 Å². The van der Waals surface area contributed by atoms with Gasteiger partial charge in [-0.3, -0.25) is 4.79 Å².